The van der Waals surface area contributed by atoms with Crippen LogP contribution >= 0.6 is 0 Å². The molecule has 0 spiro atoms. The number of aromatic nitrogens is 3. The number of fused-ring (bicyclic) bond motifs is 1. The van der Waals surface area contributed by atoms with Crippen molar-refractivity contribution in [2.24, 2.45) is 0 Å². The zero-order valence-electron chi connectivity index (χ0n) is 17.3. The number of benzene rings is 2. The van der Waals surface area contributed by atoms with Crippen molar-refractivity contribution in [1.82, 2.24) is 14.8 Å². The van der Waals surface area contributed by atoms with Crippen molar-refractivity contribution in [3.05, 3.63) is 77.5 Å². The van der Waals surface area contributed by atoms with Crippen molar-refractivity contribution in [2.75, 3.05) is 12.4 Å². The molecule has 6 nitrogen and oxygen atoms in total. The highest BCUT2D eigenvalue weighted by Gasteiger charge is 2.20. The lowest BCUT2D eigenvalue weighted by Gasteiger charge is -2.13. The summed E-state index contributed by atoms with van der Waals surface area (Å²) in [5.74, 6) is 0.490. The van der Waals surface area contributed by atoms with Gasteiger partial charge in [0.1, 0.15) is 0 Å². The van der Waals surface area contributed by atoms with Crippen LogP contribution in [0.25, 0.3) is 16.7 Å². The molecule has 2 aromatic carbocycles. The maximum Gasteiger partial charge on any atom is 0.224 e. The molecule has 0 unspecified atom stereocenters. The minimum absolute atomic E-state index is 0.0422. The van der Waals surface area contributed by atoms with E-state index in [1.54, 1.807) is 7.11 Å². The first-order valence-electron chi connectivity index (χ1n) is 9.91. The van der Waals surface area contributed by atoms with Gasteiger partial charge in [-0.1, -0.05) is 36.4 Å². The third-order valence-electron chi connectivity index (χ3n) is 5.18. The summed E-state index contributed by atoms with van der Waals surface area (Å²) in [6.45, 7) is 4.02. The number of carbonyl (C=O) groups excluding carboxylic acids is 1. The number of anilines is 1. The minimum atomic E-state index is -0.0422. The van der Waals surface area contributed by atoms with Crippen LogP contribution in [-0.2, 0) is 11.2 Å². The number of nitrogens with one attached hydrogen (secondary N) is 1. The van der Waals surface area contributed by atoms with Gasteiger partial charge in [0.2, 0.25) is 11.8 Å². The summed E-state index contributed by atoms with van der Waals surface area (Å²) in [5.41, 5.74) is 5.37. The second kappa shape index (κ2) is 8.37. The largest absolute Gasteiger partial charge is 0.481 e. The average Bonchev–Trinajstić information content (AvgIpc) is 3.10. The number of carbonyl (C=O) groups is 1. The van der Waals surface area contributed by atoms with Crippen LogP contribution in [0.4, 0.5) is 5.69 Å². The highest BCUT2D eigenvalue weighted by atomic mass is 16.5. The van der Waals surface area contributed by atoms with Gasteiger partial charge < -0.3 is 10.1 Å². The van der Waals surface area contributed by atoms with Crippen LogP contribution in [0.5, 0.6) is 5.88 Å². The van der Waals surface area contributed by atoms with Gasteiger partial charge in [-0.25, -0.2) is 4.68 Å². The van der Waals surface area contributed by atoms with Crippen LogP contribution < -0.4 is 10.1 Å². The van der Waals surface area contributed by atoms with Crippen molar-refractivity contribution in [3.63, 3.8) is 0 Å². The monoisotopic (exact) mass is 400 g/mol. The van der Waals surface area contributed by atoms with E-state index >= 15 is 0 Å². The molecule has 2 heterocycles. The van der Waals surface area contributed by atoms with E-state index in [-0.39, 0.29) is 5.91 Å². The number of rotatable bonds is 6. The number of amides is 1. The van der Waals surface area contributed by atoms with Crippen molar-refractivity contribution < 1.29 is 9.53 Å². The zero-order chi connectivity index (χ0) is 21.1. The van der Waals surface area contributed by atoms with Crippen LogP contribution in [0.2, 0.25) is 0 Å². The highest BCUT2D eigenvalue weighted by Crippen LogP contribution is 2.31. The molecular weight excluding hydrogens is 376 g/mol. The van der Waals surface area contributed by atoms with Gasteiger partial charge in [0.25, 0.3) is 0 Å². The van der Waals surface area contributed by atoms with Crippen LogP contribution in [-0.4, -0.2) is 27.8 Å². The number of aryl methyl sites for hydroxylation is 2. The van der Waals surface area contributed by atoms with E-state index in [1.165, 1.54) is 0 Å². The van der Waals surface area contributed by atoms with Gasteiger partial charge in [0.15, 0.2) is 5.65 Å². The molecule has 0 atom stereocenters. The number of methoxy groups -OCH3 is 1. The molecule has 152 valence electrons. The Morgan fingerprint density at radius 2 is 1.70 bits per heavy atom. The first-order valence-corrected chi connectivity index (χ1v) is 9.91. The molecule has 0 aliphatic rings. The van der Waals surface area contributed by atoms with E-state index in [0.29, 0.717) is 18.7 Å². The van der Waals surface area contributed by atoms with Gasteiger partial charge in [-0.15, -0.1) is 0 Å². The molecule has 1 N–H and O–H groups in total. The predicted octanol–water partition coefficient (Wildman–Crippen LogP) is 4.62. The summed E-state index contributed by atoms with van der Waals surface area (Å²) < 4.78 is 7.44. The fraction of sp³-hybridized carbons (Fsp3) is 0.208. The summed E-state index contributed by atoms with van der Waals surface area (Å²) in [6, 6.07) is 19.4. The molecule has 0 saturated heterocycles. The van der Waals surface area contributed by atoms with E-state index in [2.05, 4.69) is 5.32 Å². The molecule has 0 fully saturated rings. The van der Waals surface area contributed by atoms with Crippen molar-refractivity contribution in [1.29, 1.82) is 0 Å². The quantitative estimate of drug-likeness (QED) is 0.513. The van der Waals surface area contributed by atoms with E-state index in [4.69, 9.17) is 14.8 Å². The maximum atomic E-state index is 12.4. The predicted molar refractivity (Wildman–Crippen MR) is 118 cm³/mol. The van der Waals surface area contributed by atoms with E-state index in [0.717, 1.165) is 39.2 Å². The van der Waals surface area contributed by atoms with Gasteiger partial charge in [-0.3, -0.25) is 4.79 Å². The van der Waals surface area contributed by atoms with Crippen LogP contribution in [0.15, 0.2) is 60.7 Å². The number of pyridine rings is 1. The van der Waals surface area contributed by atoms with Gasteiger partial charge in [0, 0.05) is 23.1 Å². The molecule has 0 aliphatic heterocycles. The molecule has 0 saturated carbocycles. The third kappa shape index (κ3) is 3.76. The average molecular weight is 400 g/mol. The molecule has 4 aromatic rings. The number of hydrogen-bond acceptors (Lipinski definition) is 4. The normalized spacial score (nSPS) is 10.9. The Morgan fingerprint density at radius 1 is 1.03 bits per heavy atom. The van der Waals surface area contributed by atoms with Crippen molar-refractivity contribution >= 4 is 22.6 Å². The molecule has 2 aromatic heterocycles. The van der Waals surface area contributed by atoms with E-state index < -0.39 is 0 Å². The van der Waals surface area contributed by atoms with Crippen LogP contribution in [0.3, 0.4) is 0 Å². The number of para-hydroxylation sites is 2. The zero-order valence-corrected chi connectivity index (χ0v) is 17.3. The molecule has 1 amide bonds. The second-order valence-electron chi connectivity index (χ2n) is 7.17. The number of hydrogen-bond donors (Lipinski definition) is 1. The first kappa shape index (κ1) is 19.6. The second-order valence-corrected chi connectivity index (χ2v) is 7.17. The Hall–Kier alpha value is -3.67. The lowest BCUT2D eigenvalue weighted by molar-refractivity contribution is -0.116. The first-order chi connectivity index (χ1) is 14.6. The molecule has 0 bridgehead atoms. The van der Waals surface area contributed by atoms with Crippen molar-refractivity contribution in [2.45, 2.75) is 26.7 Å². The van der Waals surface area contributed by atoms with Crippen LogP contribution in [0, 0.1) is 13.8 Å². The van der Waals surface area contributed by atoms with E-state index in [9.17, 15) is 4.79 Å². The van der Waals surface area contributed by atoms with Gasteiger partial charge >= 0.3 is 0 Å². The van der Waals surface area contributed by atoms with Gasteiger partial charge in [-0.2, -0.15) is 10.1 Å². The molecular formula is C24H24N4O2. The molecule has 6 heteroatoms. The Morgan fingerprint density at radius 3 is 2.37 bits per heavy atom. The molecule has 0 radical (unpaired) electrons. The van der Waals surface area contributed by atoms with E-state index in [1.807, 2.05) is 79.2 Å². The minimum Gasteiger partial charge on any atom is -0.481 e. The number of ether oxygens (including phenoxy) is 1. The number of nitrogens with zero attached hydrogens (tertiary/aromatic N) is 3. The molecule has 4 rings (SSSR count). The van der Waals surface area contributed by atoms with Crippen molar-refractivity contribution in [3.8, 4) is 11.6 Å². The third-order valence-corrected chi connectivity index (χ3v) is 5.18. The Balaban J connectivity index is 1.66. The Labute approximate surface area is 175 Å². The summed E-state index contributed by atoms with van der Waals surface area (Å²) in [6.07, 6.45) is 0.873. The topological polar surface area (TPSA) is 69.0 Å². The Bertz CT molecular complexity index is 1180. The standard InChI is InChI=1S/C24H24N4O2/c1-16-20(14-15-21(29)25-18-10-6-4-7-11-18)24(30-3)26-23-22(16)17(2)27-28(23)19-12-8-5-9-13-19/h4-13H,14-15H2,1-3H3,(H,25,29). The van der Waals surface area contributed by atoms with Crippen LogP contribution in [0.1, 0.15) is 23.2 Å². The highest BCUT2D eigenvalue weighted by molar-refractivity contribution is 5.91. The maximum absolute atomic E-state index is 12.4. The fourth-order valence-corrected chi connectivity index (χ4v) is 3.73. The SMILES string of the molecule is COc1nc2c(c(C)nn2-c2ccccc2)c(C)c1CCC(=O)Nc1ccccc1. The lowest BCUT2D eigenvalue weighted by atomic mass is 10.0. The smallest absolute Gasteiger partial charge is 0.224 e. The summed E-state index contributed by atoms with van der Waals surface area (Å²) in [4.78, 5) is 17.2. The van der Waals surface area contributed by atoms with Gasteiger partial charge in [-0.05, 0) is 50.1 Å². The lowest BCUT2D eigenvalue weighted by Crippen LogP contribution is -2.13. The molecule has 0 aliphatic carbocycles. The summed E-state index contributed by atoms with van der Waals surface area (Å²) in [7, 11) is 1.61. The fourth-order valence-electron chi connectivity index (χ4n) is 3.73. The molecule has 30 heavy (non-hydrogen) atoms. The summed E-state index contributed by atoms with van der Waals surface area (Å²) in [5, 5.41) is 8.63. The van der Waals surface area contributed by atoms with Gasteiger partial charge in [0.05, 0.1) is 18.5 Å². The Kier molecular flexibility index (Phi) is 5.48. The summed E-state index contributed by atoms with van der Waals surface area (Å²) >= 11 is 0.